The molecule has 1 fully saturated rings. The number of nitrogens with one attached hydrogen (secondary N) is 1. The molecule has 8 heteroatoms. The maximum Gasteiger partial charge on any atom is 0.242 e. The molecule has 0 saturated carbocycles. The molecule has 0 aromatic heterocycles. The third-order valence-corrected chi connectivity index (χ3v) is 6.05. The predicted molar refractivity (Wildman–Crippen MR) is 119 cm³/mol. The average molecular weight is 437 g/mol. The molecule has 0 aliphatic carbocycles. The van der Waals surface area contributed by atoms with Gasteiger partial charge in [0.2, 0.25) is 17.7 Å². The fourth-order valence-electron chi connectivity index (χ4n) is 4.26. The van der Waals surface area contributed by atoms with Crippen LogP contribution < -0.4 is 19.7 Å². The van der Waals surface area contributed by atoms with Crippen molar-refractivity contribution in [2.75, 3.05) is 38.8 Å². The Kier molecular flexibility index (Phi) is 6.30. The largest absolute Gasteiger partial charge is 0.493 e. The van der Waals surface area contributed by atoms with Gasteiger partial charge in [0.05, 0.1) is 26.7 Å². The second kappa shape index (κ2) is 9.30. The molecule has 2 aliphatic rings. The van der Waals surface area contributed by atoms with Crippen LogP contribution in [0.1, 0.15) is 17.5 Å². The first-order valence-corrected chi connectivity index (χ1v) is 10.6. The third-order valence-electron chi connectivity index (χ3n) is 6.05. The van der Waals surface area contributed by atoms with Crippen molar-refractivity contribution in [1.82, 2.24) is 10.2 Å². The van der Waals surface area contributed by atoms with Gasteiger partial charge in [0, 0.05) is 31.7 Å². The number of hydrogen-bond acceptors (Lipinski definition) is 5. The molecule has 1 atom stereocenters. The second-order valence-corrected chi connectivity index (χ2v) is 8.00. The van der Waals surface area contributed by atoms with Gasteiger partial charge in [0.1, 0.15) is 0 Å². The molecule has 1 unspecified atom stereocenters. The van der Waals surface area contributed by atoms with Crippen LogP contribution in [0.5, 0.6) is 11.5 Å². The summed E-state index contributed by atoms with van der Waals surface area (Å²) in [6.45, 7) is 1.26. The molecule has 0 spiro atoms. The zero-order valence-corrected chi connectivity index (χ0v) is 18.3. The van der Waals surface area contributed by atoms with Crippen LogP contribution in [0.15, 0.2) is 42.5 Å². The topological polar surface area (TPSA) is 88.2 Å². The maximum atomic E-state index is 12.7. The van der Waals surface area contributed by atoms with E-state index in [1.54, 1.807) is 24.0 Å². The molecule has 8 nitrogen and oxygen atoms in total. The molecule has 32 heavy (non-hydrogen) atoms. The van der Waals surface area contributed by atoms with E-state index in [2.05, 4.69) is 5.32 Å². The van der Waals surface area contributed by atoms with Crippen LogP contribution in [0.25, 0.3) is 0 Å². The minimum atomic E-state index is -0.464. The number of carbonyl (C=O) groups is 3. The van der Waals surface area contributed by atoms with Crippen molar-refractivity contribution in [2.24, 2.45) is 5.92 Å². The molecular weight excluding hydrogens is 410 g/mol. The van der Waals surface area contributed by atoms with Crippen LogP contribution in [0.3, 0.4) is 0 Å². The number of carbonyl (C=O) groups excluding carboxylic acids is 3. The summed E-state index contributed by atoms with van der Waals surface area (Å²) < 4.78 is 10.7. The minimum absolute atomic E-state index is 0.0836. The lowest BCUT2D eigenvalue weighted by Crippen LogP contribution is -2.44. The van der Waals surface area contributed by atoms with Gasteiger partial charge in [-0.25, -0.2) is 0 Å². The SMILES string of the molecule is COc1cc2c(cc1OC)CN(C(=O)CNC(=O)C1CC(=O)N(c3ccccc3)C1)CC2. The molecular formula is C24H27N3O5. The first kappa shape index (κ1) is 21.7. The summed E-state index contributed by atoms with van der Waals surface area (Å²) in [4.78, 5) is 41.0. The van der Waals surface area contributed by atoms with Crippen molar-refractivity contribution >= 4 is 23.4 Å². The van der Waals surface area contributed by atoms with Crippen molar-refractivity contribution in [1.29, 1.82) is 0 Å². The number of rotatable bonds is 6. The zero-order chi connectivity index (χ0) is 22.7. The lowest BCUT2D eigenvalue weighted by molar-refractivity contribution is -0.134. The molecule has 4 rings (SSSR count). The molecule has 2 aromatic carbocycles. The molecule has 0 radical (unpaired) electrons. The molecule has 2 aliphatic heterocycles. The zero-order valence-electron chi connectivity index (χ0n) is 18.3. The van der Waals surface area contributed by atoms with Crippen molar-refractivity contribution in [3.05, 3.63) is 53.6 Å². The highest BCUT2D eigenvalue weighted by Crippen LogP contribution is 2.33. The Morgan fingerprint density at radius 1 is 1.06 bits per heavy atom. The number of nitrogens with zero attached hydrogens (tertiary/aromatic N) is 2. The number of amides is 3. The van der Waals surface area contributed by atoms with Crippen molar-refractivity contribution in [3.8, 4) is 11.5 Å². The summed E-state index contributed by atoms with van der Waals surface area (Å²) in [5.74, 6) is 0.336. The van der Waals surface area contributed by atoms with Gasteiger partial charge in [-0.15, -0.1) is 0 Å². The number of hydrogen-bond donors (Lipinski definition) is 1. The van der Waals surface area contributed by atoms with E-state index in [-0.39, 0.29) is 30.7 Å². The summed E-state index contributed by atoms with van der Waals surface area (Å²) in [5, 5.41) is 2.73. The first-order valence-electron chi connectivity index (χ1n) is 10.6. The van der Waals surface area contributed by atoms with Gasteiger partial charge in [0.15, 0.2) is 11.5 Å². The normalized spacial score (nSPS) is 17.7. The Morgan fingerprint density at radius 2 is 1.75 bits per heavy atom. The van der Waals surface area contributed by atoms with Crippen LogP contribution in [-0.4, -0.2) is 56.5 Å². The predicted octanol–water partition coefficient (Wildman–Crippen LogP) is 1.76. The molecule has 3 amide bonds. The van der Waals surface area contributed by atoms with Crippen LogP contribution in [0.4, 0.5) is 5.69 Å². The number of fused-ring (bicyclic) bond motifs is 1. The van der Waals surface area contributed by atoms with Gasteiger partial charge >= 0.3 is 0 Å². The number of para-hydroxylation sites is 1. The number of methoxy groups -OCH3 is 2. The molecule has 0 bridgehead atoms. The van der Waals surface area contributed by atoms with Gasteiger partial charge < -0.3 is 24.6 Å². The Morgan fingerprint density at radius 3 is 2.44 bits per heavy atom. The van der Waals surface area contributed by atoms with Gasteiger partial charge in [0.25, 0.3) is 0 Å². The van der Waals surface area contributed by atoms with Gasteiger partial charge in [-0.1, -0.05) is 18.2 Å². The fraction of sp³-hybridized carbons (Fsp3) is 0.375. The van der Waals surface area contributed by atoms with E-state index in [0.29, 0.717) is 37.6 Å². The fourth-order valence-corrected chi connectivity index (χ4v) is 4.26. The quantitative estimate of drug-likeness (QED) is 0.744. The van der Waals surface area contributed by atoms with Crippen molar-refractivity contribution < 1.29 is 23.9 Å². The summed E-state index contributed by atoms with van der Waals surface area (Å²) in [6, 6.07) is 13.1. The lowest BCUT2D eigenvalue weighted by atomic mass is 9.98. The summed E-state index contributed by atoms with van der Waals surface area (Å²) in [6.07, 6.45) is 0.853. The number of benzene rings is 2. The monoisotopic (exact) mass is 437 g/mol. The van der Waals surface area contributed by atoms with E-state index in [1.807, 2.05) is 42.5 Å². The maximum absolute atomic E-state index is 12.7. The average Bonchev–Trinajstić information content (AvgIpc) is 3.23. The highest BCUT2D eigenvalue weighted by atomic mass is 16.5. The second-order valence-electron chi connectivity index (χ2n) is 8.00. The van der Waals surface area contributed by atoms with Crippen molar-refractivity contribution in [2.45, 2.75) is 19.4 Å². The third kappa shape index (κ3) is 4.39. The molecule has 1 N–H and O–H groups in total. The van der Waals surface area contributed by atoms with Crippen LogP contribution in [0, 0.1) is 5.92 Å². The Hall–Kier alpha value is -3.55. The van der Waals surface area contributed by atoms with E-state index in [1.165, 1.54) is 0 Å². The molecule has 2 heterocycles. The lowest BCUT2D eigenvalue weighted by Gasteiger charge is -2.30. The number of anilines is 1. The minimum Gasteiger partial charge on any atom is -0.493 e. The van der Waals surface area contributed by atoms with Gasteiger partial charge in [-0.05, 0) is 41.8 Å². The van der Waals surface area contributed by atoms with Gasteiger partial charge in [-0.2, -0.15) is 0 Å². The van der Waals surface area contributed by atoms with Crippen molar-refractivity contribution in [3.63, 3.8) is 0 Å². The highest BCUT2D eigenvalue weighted by Gasteiger charge is 2.35. The first-order chi connectivity index (χ1) is 15.5. The van der Waals surface area contributed by atoms with Crippen LogP contribution in [0.2, 0.25) is 0 Å². The molecule has 2 aromatic rings. The highest BCUT2D eigenvalue weighted by molar-refractivity contribution is 6.00. The van der Waals surface area contributed by atoms with Crippen LogP contribution >= 0.6 is 0 Å². The smallest absolute Gasteiger partial charge is 0.242 e. The summed E-state index contributed by atoms with van der Waals surface area (Å²) in [7, 11) is 3.18. The summed E-state index contributed by atoms with van der Waals surface area (Å²) in [5.41, 5.74) is 2.91. The van der Waals surface area contributed by atoms with E-state index in [0.717, 1.165) is 16.8 Å². The van der Waals surface area contributed by atoms with E-state index in [4.69, 9.17) is 9.47 Å². The molecule has 1 saturated heterocycles. The summed E-state index contributed by atoms with van der Waals surface area (Å²) >= 11 is 0. The standard InChI is InChI=1S/C24H27N3O5/c1-31-20-10-16-8-9-26(14-17(16)11-21(20)32-2)23(29)13-25-24(30)18-12-22(28)27(15-18)19-6-4-3-5-7-19/h3-7,10-11,18H,8-9,12-15H2,1-2H3,(H,25,30). The molecule has 168 valence electrons. The van der Waals surface area contributed by atoms with E-state index in [9.17, 15) is 14.4 Å². The number of ether oxygens (including phenoxy) is 2. The van der Waals surface area contributed by atoms with Crippen LogP contribution in [-0.2, 0) is 27.3 Å². The van der Waals surface area contributed by atoms with E-state index < -0.39 is 5.92 Å². The Balaban J connectivity index is 1.32. The van der Waals surface area contributed by atoms with E-state index >= 15 is 0 Å². The Labute approximate surface area is 187 Å². The Bertz CT molecular complexity index is 1020. The van der Waals surface area contributed by atoms with Gasteiger partial charge in [-0.3, -0.25) is 14.4 Å².